The van der Waals surface area contributed by atoms with Gasteiger partial charge >= 0.3 is 0 Å². The van der Waals surface area contributed by atoms with E-state index >= 15 is 0 Å². The zero-order valence-electron chi connectivity index (χ0n) is 8.29. The fraction of sp³-hybridized carbons (Fsp3) is 0.800. The van der Waals surface area contributed by atoms with E-state index in [1.807, 2.05) is 6.92 Å². The fourth-order valence-corrected chi connectivity index (χ4v) is 2.17. The number of nitrogens with zero attached hydrogens (tertiary/aromatic N) is 2. The average Bonchev–Trinajstić information content (AvgIpc) is 2.53. The van der Waals surface area contributed by atoms with E-state index in [1.54, 1.807) is 0 Å². The number of hydrogen-bond donors (Lipinski definition) is 0. The Bertz CT molecular complexity index is 282. The molecule has 3 nitrogen and oxygen atoms in total. The molecule has 72 valence electrons. The van der Waals surface area contributed by atoms with Gasteiger partial charge in [-0.15, -0.1) is 0 Å². The molecule has 0 amide bonds. The van der Waals surface area contributed by atoms with Gasteiger partial charge in [0.15, 0.2) is 5.82 Å². The standard InChI is InChI=1S/C10H16N2O/c1-7-5-3-4-6-9(7)10-11-8(2)13-12-10/h7,9H,3-6H2,1-2H3. The van der Waals surface area contributed by atoms with Gasteiger partial charge in [0, 0.05) is 12.8 Å². The van der Waals surface area contributed by atoms with Crippen LogP contribution < -0.4 is 0 Å². The number of aromatic nitrogens is 2. The first kappa shape index (κ1) is 8.73. The molecule has 1 aliphatic carbocycles. The molecule has 0 spiro atoms. The van der Waals surface area contributed by atoms with Gasteiger partial charge < -0.3 is 4.52 Å². The summed E-state index contributed by atoms with van der Waals surface area (Å²) in [6.45, 7) is 4.14. The third kappa shape index (κ3) is 1.74. The van der Waals surface area contributed by atoms with Crippen LogP contribution in [0.1, 0.15) is 50.2 Å². The van der Waals surface area contributed by atoms with Gasteiger partial charge in [-0.3, -0.25) is 0 Å². The van der Waals surface area contributed by atoms with Crippen LogP contribution in [0.4, 0.5) is 0 Å². The molecule has 0 aliphatic heterocycles. The number of hydrogen-bond acceptors (Lipinski definition) is 3. The third-order valence-electron chi connectivity index (χ3n) is 2.99. The second-order valence-corrected chi connectivity index (χ2v) is 4.04. The first-order valence-corrected chi connectivity index (χ1v) is 5.07. The quantitative estimate of drug-likeness (QED) is 0.667. The molecule has 0 N–H and O–H groups in total. The molecular weight excluding hydrogens is 164 g/mol. The minimum atomic E-state index is 0.534. The molecule has 0 saturated heterocycles. The Morgan fingerprint density at radius 3 is 2.69 bits per heavy atom. The van der Waals surface area contributed by atoms with E-state index in [4.69, 9.17) is 4.52 Å². The van der Waals surface area contributed by atoms with Crippen molar-refractivity contribution in [3.63, 3.8) is 0 Å². The maximum absolute atomic E-state index is 5.00. The van der Waals surface area contributed by atoms with Crippen LogP contribution in [-0.4, -0.2) is 10.1 Å². The Labute approximate surface area is 78.5 Å². The van der Waals surface area contributed by atoms with E-state index < -0.39 is 0 Å². The average molecular weight is 180 g/mol. The summed E-state index contributed by atoms with van der Waals surface area (Å²) in [6, 6.07) is 0. The minimum Gasteiger partial charge on any atom is -0.340 e. The Morgan fingerprint density at radius 2 is 2.08 bits per heavy atom. The highest BCUT2D eigenvalue weighted by atomic mass is 16.5. The van der Waals surface area contributed by atoms with Crippen molar-refractivity contribution >= 4 is 0 Å². The molecule has 2 rings (SSSR count). The Kier molecular flexibility index (Phi) is 2.34. The van der Waals surface area contributed by atoms with E-state index in [1.165, 1.54) is 25.7 Å². The van der Waals surface area contributed by atoms with Crippen molar-refractivity contribution in [3.8, 4) is 0 Å². The minimum absolute atomic E-state index is 0.534. The zero-order chi connectivity index (χ0) is 9.26. The lowest BCUT2D eigenvalue weighted by atomic mass is 9.80. The lowest BCUT2D eigenvalue weighted by Crippen LogP contribution is -2.15. The van der Waals surface area contributed by atoms with Crippen LogP contribution in [0, 0.1) is 12.8 Å². The Morgan fingerprint density at radius 1 is 1.31 bits per heavy atom. The van der Waals surface area contributed by atoms with Gasteiger partial charge in [0.05, 0.1) is 0 Å². The summed E-state index contributed by atoms with van der Waals surface area (Å²) in [5, 5.41) is 4.00. The van der Waals surface area contributed by atoms with Crippen molar-refractivity contribution in [2.45, 2.75) is 45.4 Å². The first-order valence-electron chi connectivity index (χ1n) is 5.07. The third-order valence-corrected chi connectivity index (χ3v) is 2.99. The van der Waals surface area contributed by atoms with Gasteiger partial charge in [-0.25, -0.2) is 0 Å². The molecule has 1 aromatic heterocycles. The van der Waals surface area contributed by atoms with E-state index in [-0.39, 0.29) is 0 Å². The number of aryl methyl sites for hydroxylation is 1. The maximum Gasteiger partial charge on any atom is 0.223 e. The van der Waals surface area contributed by atoms with Crippen LogP contribution in [-0.2, 0) is 0 Å². The van der Waals surface area contributed by atoms with E-state index in [9.17, 15) is 0 Å². The summed E-state index contributed by atoms with van der Waals surface area (Å²) in [5.74, 6) is 2.86. The van der Waals surface area contributed by atoms with Crippen molar-refractivity contribution in [3.05, 3.63) is 11.7 Å². The molecule has 3 heteroatoms. The van der Waals surface area contributed by atoms with Gasteiger partial charge in [0.2, 0.25) is 5.89 Å². The molecule has 13 heavy (non-hydrogen) atoms. The molecule has 1 fully saturated rings. The van der Waals surface area contributed by atoms with Crippen molar-refractivity contribution < 1.29 is 4.52 Å². The predicted molar refractivity (Wildman–Crippen MR) is 49.4 cm³/mol. The SMILES string of the molecule is Cc1nc(C2CCCCC2C)no1. The van der Waals surface area contributed by atoms with Crippen molar-refractivity contribution in [1.29, 1.82) is 0 Å². The summed E-state index contributed by atoms with van der Waals surface area (Å²) in [5.41, 5.74) is 0. The van der Waals surface area contributed by atoms with Gasteiger partial charge in [0.1, 0.15) is 0 Å². The molecule has 2 unspecified atom stereocenters. The van der Waals surface area contributed by atoms with E-state index in [2.05, 4.69) is 17.1 Å². The Hall–Kier alpha value is -0.860. The van der Waals surface area contributed by atoms with Gasteiger partial charge in [-0.1, -0.05) is 31.3 Å². The second kappa shape index (κ2) is 3.48. The molecule has 1 aromatic rings. The van der Waals surface area contributed by atoms with Crippen molar-refractivity contribution in [1.82, 2.24) is 10.1 Å². The Balaban J connectivity index is 2.14. The van der Waals surface area contributed by atoms with Crippen LogP contribution in [0.5, 0.6) is 0 Å². The van der Waals surface area contributed by atoms with Crippen LogP contribution in [0.3, 0.4) is 0 Å². The molecule has 1 aliphatic rings. The molecule has 2 atom stereocenters. The van der Waals surface area contributed by atoms with E-state index in [0.717, 1.165) is 5.82 Å². The molecular formula is C10H16N2O. The van der Waals surface area contributed by atoms with Crippen LogP contribution in [0.25, 0.3) is 0 Å². The molecule has 0 bridgehead atoms. The lowest BCUT2D eigenvalue weighted by molar-refractivity contribution is 0.306. The first-order chi connectivity index (χ1) is 6.27. The largest absolute Gasteiger partial charge is 0.340 e. The smallest absolute Gasteiger partial charge is 0.223 e. The molecule has 1 saturated carbocycles. The number of rotatable bonds is 1. The van der Waals surface area contributed by atoms with Gasteiger partial charge in [0.25, 0.3) is 0 Å². The molecule has 0 radical (unpaired) electrons. The van der Waals surface area contributed by atoms with E-state index in [0.29, 0.717) is 17.7 Å². The normalized spacial score (nSPS) is 29.1. The fourth-order valence-electron chi connectivity index (χ4n) is 2.17. The molecule has 0 aromatic carbocycles. The van der Waals surface area contributed by atoms with Crippen LogP contribution in [0.15, 0.2) is 4.52 Å². The summed E-state index contributed by atoms with van der Waals surface area (Å²) < 4.78 is 5.00. The maximum atomic E-state index is 5.00. The summed E-state index contributed by atoms with van der Waals surface area (Å²) >= 11 is 0. The zero-order valence-corrected chi connectivity index (χ0v) is 8.29. The second-order valence-electron chi connectivity index (χ2n) is 4.04. The summed E-state index contributed by atoms with van der Waals surface area (Å²) in [6.07, 6.45) is 5.19. The predicted octanol–water partition coefficient (Wildman–Crippen LogP) is 2.67. The van der Waals surface area contributed by atoms with Crippen molar-refractivity contribution in [2.75, 3.05) is 0 Å². The summed E-state index contributed by atoms with van der Waals surface area (Å²) in [4.78, 5) is 4.31. The highest BCUT2D eigenvalue weighted by Crippen LogP contribution is 2.35. The van der Waals surface area contributed by atoms with Gasteiger partial charge in [-0.05, 0) is 12.3 Å². The highest BCUT2D eigenvalue weighted by Gasteiger charge is 2.26. The highest BCUT2D eigenvalue weighted by molar-refractivity contribution is 4.98. The summed E-state index contributed by atoms with van der Waals surface area (Å²) in [7, 11) is 0. The van der Waals surface area contributed by atoms with Crippen molar-refractivity contribution in [2.24, 2.45) is 5.92 Å². The van der Waals surface area contributed by atoms with Crippen LogP contribution in [0.2, 0.25) is 0 Å². The van der Waals surface area contributed by atoms with Crippen LogP contribution >= 0.6 is 0 Å². The molecule has 1 heterocycles. The topological polar surface area (TPSA) is 38.9 Å². The van der Waals surface area contributed by atoms with Gasteiger partial charge in [-0.2, -0.15) is 4.98 Å². The monoisotopic (exact) mass is 180 g/mol. The lowest BCUT2D eigenvalue weighted by Gasteiger charge is -2.25.